The average Bonchev–Trinajstić information content (AvgIpc) is 2.62. The fourth-order valence-corrected chi connectivity index (χ4v) is 3.10. The molecule has 0 aliphatic rings. The van der Waals surface area contributed by atoms with Crippen LogP contribution in [-0.4, -0.2) is 51.8 Å². The molecule has 2 N–H and O–H groups in total. The van der Waals surface area contributed by atoms with Crippen molar-refractivity contribution >= 4 is 28.0 Å². The number of ether oxygens (including phenoxy) is 2. The normalized spacial score (nSPS) is 11.4. The third-order valence-electron chi connectivity index (χ3n) is 3.30. The lowest BCUT2D eigenvalue weighted by molar-refractivity contribution is 0.0600. The molecule has 0 fully saturated rings. The highest BCUT2D eigenvalue weighted by Crippen LogP contribution is 2.36. The van der Waals surface area contributed by atoms with Crippen LogP contribution < -0.4 is 10.5 Å². The molecule has 2 aromatic rings. The highest BCUT2D eigenvalue weighted by Gasteiger charge is 2.25. The van der Waals surface area contributed by atoms with E-state index in [0.29, 0.717) is 0 Å². The molecule has 0 radical (unpaired) electrons. The fraction of sp³-hybridized carbons (Fsp3) is 0.235. The molecule has 1 aromatic heterocycles. The quantitative estimate of drug-likeness (QED) is 0.342. The standard InChI is InChI=1S/C17H20N4O5S/c1-11-5-6-13(9-19-11)26-16-14(18)7-12(17(22)25-4)8-15(16)27(23,24)20-10-21(2)3/h5-10H,18H2,1-4H3/b20-10+. The topological polar surface area (TPSA) is 124 Å². The lowest BCUT2D eigenvalue weighted by atomic mass is 10.2. The number of esters is 1. The maximum absolute atomic E-state index is 12.7. The van der Waals surface area contributed by atoms with Crippen molar-refractivity contribution in [3.63, 3.8) is 0 Å². The molecule has 0 saturated carbocycles. The molecule has 144 valence electrons. The van der Waals surface area contributed by atoms with Crippen LogP contribution in [0.25, 0.3) is 0 Å². The number of rotatable bonds is 6. The third-order valence-corrected chi connectivity index (χ3v) is 4.53. The number of hydrogen-bond donors (Lipinski definition) is 1. The Morgan fingerprint density at radius 1 is 1.30 bits per heavy atom. The van der Waals surface area contributed by atoms with Gasteiger partial charge in [-0.15, -0.1) is 4.40 Å². The van der Waals surface area contributed by atoms with Gasteiger partial charge in [-0.05, 0) is 31.2 Å². The lowest BCUT2D eigenvalue weighted by Crippen LogP contribution is -2.12. The van der Waals surface area contributed by atoms with E-state index in [-0.39, 0.29) is 27.6 Å². The van der Waals surface area contributed by atoms with Crippen molar-refractivity contribution in [2.24, 2.45) is 4.40 Å². The SMILES string of the molecule is COC(=O)c1cc(N)c(Oc2ccc(C)nc2)c(S(=O)(=O)/N=C/N(C)C)c1. The largest absolute Gasteiger partial charge is 0.465 e. The van der Waals surface area contributed by atoms with Crippen molar-refractivity contribution in [2.45, 2.75) is 11.8 Å². The van der Waals surface area contributed by atoms with Crippen LogP contribution in [-0.2, 0) is 14.8 Å². The molecule has 10 heteroatoms. The molecule has 1 heterocycles. The van der Waals surface area contributed by atoms with Crippen LogP contribution in [0.15, 0.2) is 39.8 Å². The van der Waals surface area contributed by atoms with Gasteiger partial charge in [0.25, 0.3) is 10.0 Å². The first-order valence-electron chi connectivity index (χ1n) is 7.73. The Hall–Kier alpha value is -3.14. The molecule has 0 spiro atoms. The predicted molar refractivity (Wildman–Crippen MR) is 101 cm³/mol. The summed E-state index contributed by atoms with van der Waals surface area (Å²) in [5, 5.41) is 0. The number of aromatic nitrogens is 1. The average molecular weight is 392 g/mol. The Kier molecular flexibility index (Phi) is 6.01. The second kappa shape index (κ2) is 8.04. The first-order valence-corrected chi connectivity index (χ1v) is 9.17. The number of nitrogen functional groups attached to an aromatic ring is 1. The summed E-state index contributed by atoms with van der Waals surface area (Å²) in [6.07, 6.45) is 2.55. The number of aryl methyl sites for hydroxylation is 1. The zero-order valence-corrected chi connectivity index (χ0v) is 16.1. The lowest BCUT2D eigenvalue weighted by Gasteiger charge is -2.14. The number of sulfonamides is 1. The van der Waals surface area contributed by atoms with Gasteiger partial charge in [0, 0.05) is 19.8 Å². The number of methoxy groups -OCH3 is 1. The second-order valence-corrected chi connectivity index (χ2v) is 7.38. The van der Waals surface area contributed by atoms with Crippen LogP contribution >= 0.6 is 0 Å². The van der Waals surface area contributed by atoms with Gasteiger partial charge in [-0.25, -0.2) is 4.79 Å². The smallest absolute Gasteiger partial charge is 0.337 e. The Morgan fingerprint density at radius 3 is 2.56 bits per heavy atom. The number of hydrogen-bond acceptors (Lipinski definition) is 7. The van der Waals surface area contributed by atoms with E-state index >= 15 is 0 Å². The maximum atomic E-state index is 12.7. The zero-order chi connectivity index (χ0) is 20.2. The summed E-state index contributed by atoms with van der Waals surface area (Å²) < 4.78 is 39.3. The van der Waals surface area contributed by atoms with Crippen molar-refractivity contribution in [3.05, 3.63) is 41.7 Å². The van der Waals surface area contributed by atoms with Gasteiger partial charge in [0.2, 0.25) is 0 Å². The van der Waals surface area contributed by atoms with E-state index in [9.17, 15) is 13.2 Å². The van der Waals surface area contributed by atoms with Crippen LogP contribution in [0.2, 0.25) is 0 Å². The summed E-state index contributed by atoms with van der Waals surface area (Å²) in [7, 11) is 0.211. The maximum Gasteiger partial charge on any atom is 0.337 e. The van der Waals surface area contributed by atoms with Crippen LogP contribution in [0.3, 0.4) is 0 Å². The molecule has 1 aromatic carbocycles. The Balaban J connectivity index is 2.63. The number of carbonyl (C=O) groups excluding carboxylic acids is 1. The summed E-state index contributed by atoms with van der Waals surface area (Å²) in [4.78, 5) is 17.0. The summed E-state index contributed by atoms with van der Waals surface area (Å²) in [6, 6.07) is 5.71. The number of nitrogens with two attached hydrogens (primary N) is 1. The second-order valence-electron chi connectivity index (χ2n) is 5.78. The Morgan fingerprint density at radius 2 is 2.00 bits per heavy atom. The van der Waals surface area contributed by atoms with Gasteiger partial charge in [0.05, 0.1) is 24.6 Å². The van der Waals surface area contributed by atoms with E-state index in [4.69, 9.17) is 10.5 Å². The molecule has 0 saturated heterocycles. The summed E-state index contributed by atoms with van der Waals surface area (Å²) in [5.41, 5.74) is 6.63. The molecule has 0 aliphatic carbocycles. The minimum absolute atomic E-state index is 0.0389. The minimum atomic E-state index is -4.21. The van der Waals surface area contributed by atoms with E-state index < -0.39 is 16.0 Å². The molecule has 0 unspecified atom stereocenters. The summed E-state index contributed by atoms with van der Waals surface area (Å²) in [5.74, 6) is -0.603. The first kappa shape index (κ1) is 20.2. The molecule has 0 atom stereocenters. The zero-order valence-electron chi connectivity index (χ0n) is 15.3. The number of anilines is 1. The summed E-state index contributed by atoms with van der Waals surface area (Å²) >= 11 is 0. The fourth-order valence-electron chi connectivity index (χ4n) is 2.01. The molecule has 0 bridgehead atoms. The Bertz CT molecular complexity index is 970. The van der Waals surface area contributed by atoms with E-state index in [1.807, 2.05) is 0 Å². The van der Waals surface area contributed by atoms with Crippen molar-refractivity contribution in [1.29, 1.82) is 0 Å². The minimum Gasteiger partial charge on any atom is -0.465 e. The van der Waals surface area contributed by atoms with Crippen LogP contribution in [0.4, 0.5) is 5.69 Å². The van der Waals surface area contributed by atoms with Crippen LogP contribution in [0.5, 0.6) is 11.5 Å². The number of carbonyl (C=O) groups is 1. The van der Waals surface area contributed by atoms with Crippen LogP contribution in [0, 0.1) is 6.92 Å². The molecular formula is C17H20N4O5S. The molecular weight excluding hydrogens is 372 g/mol. The molecule has 2 rings (SSSR count). The molecule has 0 amide bonds. The van der Waals surface area contributed by atoms with Gasteiger partial charge in [-0.3, -0.25) is 4.98 Å². The third kappa shape index (κ3) is 4.94. The number of nitrogens with zero attached hydrogens (tertiary/aromatic N) is 3. The first-order chi connectivity index (χ1) is 12.6. The molecule has 27 heavy (non-hydrogen) atoms. The van der Waals surface area contributed by atoms with Crippen molar-refractivity contribution in [3.8, 4) is 11.5 Å². The Labute approximate surface area is 157 Å². The molecule has 0 aliphatic heterocycles. The number of benzene rings is 1. The molecule has 9 nitrogen and oxygen atoms in total. The van der Waals surface area contributed by atoms with Gasteiger partial charge < -0.3 is 20.1 Å². The highest BCUT2D eigenvalue weighted by molar-refractivity contribution is 7.90. The van der Waals surface area contributed by atoms with Gasteiger partial charge in [0.1, 0.15) is 17.0 Å². The monoisotopic (exact) mass is 392 g/mol. The van der Waals surface area contributed by atoms with Crippen molar-refractivity contribution in [2.75, 3.05) is 26.9 Å². The highest BCUT2D eigenvalue weighted by atomic mass is 32.2. The van der Waals surface area contributed by atoms with Gasteiger partial charge in [-0.2, -0.15) is 8.42 Å². The van der Waals surface area contributed by atoms with E-state index in [0.717, 1.165) is 18.1 Å². The van der Waals surface area contributed by atoms with E-state index in [1.165, 1.54) is 24.3 Å². The van der Waals surface area contributed by atoms with E-state index in [2.05, 4.69) is 14.1 Å². The van der Waals surface area contributed by atoms with Gasteiger partial charge >= 0.3 is 5.97 Å². The predicted octanol–water partition coefficient (Wildman–Crippen LogP) is 1.83. The van der Waals surface area contributed by atoms with Gasteiger partial charge in [-0.1, -0.05) is 0 Å². The van der Waals surface area contributed by atoms with Crippen LogP contribution in [0.1, 0.15) is 16.1 Å². The van der Waals surface area contributed by atoms with Gasteiger partial charge in [0.15, 0.2) is 5.75 Å². The van der Waals surface area contributed by atoms with E-state index in [1.54, 1.807) is 33.2 Å². The summed E-state index contributed by atoms with van der Waals surface area (Å²) in [6.45, 7) is 1.80. The van der Waals surface area contributed by atoms with Crippen molar-refractivity contribution < 1.29 is 22.7 Å². The number of pyridine rings is 1. The van der Waals surface area contributed by atoms with Crippen molar-refractivity contribution in [1.82, 2.24) is 9.88 Å².